The van der Waals surface area contributed by atoms with Crippen LogP contribution in [-0.4, -0.2) is 54.9 Å². The van der Waals surface area contributed by atoms with Gasteiger partial charge in [0.15, 0.2) is 0 Å². The average molecular weight is 243 g/mol. The summed E-state index contributed by atoms with van der Waals surface area (Å²) >= 11 is 0. The Morgan fingerprint density at radius 2 is 1.88 bits per heavy atom. The smallest absolute Gasteiger partial charge is 0.317 e. The van der Waals surface area contributed by atoms with Gasteiger partial charge in [-0.05, 0) is 19.8 Å². The summed E-state index contributed by atoms with van der Waals surface area (Å²) in [5.41, 5.74) is 0. The molecule has 5 nitrogen and oxygen atoms in total. The largest absolute Gasteiger partial charge is 0.392 e. The maximum Gasteiger partial charge on any atom is 0.317 e. The number of likely N-dealkylation sites (tertiary alicyclic amines) is 1. The van der Waals surface area contributed by atoms with Crippen molar-refractivity contribution in [2.75, 3.05) is 32.7 Å². The number of hydrogen-bond donors (Lipinski definition) is 3. The molecule has 0 aromatic carbocycles. The standard InChI is InChI=1S/C12H25N3O2/c1-11(16)10-13-6-7-14-12(17)15-8-4-2-3-5-9-15/h11,13,16H,2-10H2,1H3,(H,14,17). The first kappa shape index (κ1) is 14.3. The maximum absolute atomic E-state index is 11.8. The van der Waals surface area contributed by atoms with E-state index in [9.17, 15) is 4.79 Å². The number of carbonyl (C=O) groups is 1. The molecule has 1 saturated heterocycles. The van der Waals surface area contributed by atoms with Crippen molar-refractivity contribution in [1.82, 2.24) is 15.5 Å². The Labute approximate surface area is 104 Å². The summed E-state index contributed by atoms with van der Waals surface area (Å²) in [7, 11) is 0. The number of aliphatic hydroxyl groups excluding tert-OH is 1. The van der Waals surface area contributed by atoms with Crippen LogP contribution >= 0.6 is 0 Å². The lowest BCUT2D eigenvalue weighted by Gasteiger charge is -2.20. The second-order valence-corrected chi connectivity index (χ2v) is 4.69. The van der Waals surface area contributed by atoms with Gasteiger partial charge >= 0.3 is 6.03 Å². The van der Waals surface area contributed by atoms with Gasteiger partial charge in [0.25, 0.3) is 0 Å². The number of rotatable bonds is 5. The quantitative estimate of drug-likeness (QED) is 0.618. The van der Waals surface area contributed by atoms with Crippen LogP contribution < -0.4 is 10.6 Å². The molecular weight excluding hydrogens is 218 g/mol. The third-order valence-electron chi connectivity index (χ3n) is 2.91. The molecule has 0 saturated carbocycles. The zero-order chi connectivity index (χ0) is 12.5. The third kappa shape index (κ3) is 6.48. The molecule has 1 atom stereocenters. The third-order valence-corrected chi connectivity index (χ3v) is 2.91. The minimum atomic E-state index is -0.337. The molecule has 0 radical (unpaired) electrons. The summed E-state index contributed by atoms with van der Waals surface area (Å²) < 4.78 is 0. The molecule has 1 unspecified atom stereocenters. The highest BCUT2D eigenvalue weighted by Crippen LogP contribution is 2.09. The van der Waals surface area contributed by atoms with Gasteiger partial charge in [-0.3, -0.25) is 0 Å². The van der Waals surface area contributed by atoms with Gasteiger partial charge in [0.2, 0.25) is 0 Å². The van der Waals surface area contributed by atoms with E-state index in [1.54, 1.807) is 6.92 Å². The normalized spacial score (nSPS) is 18.6. The van der Waals surface area contributed by atoms with Gasteiger partial charge in [0, 0.05) is 32.7 Å². The number of aliphatic hydroxyl groups is 1. The van der Waals surface area contributed by atoms with Crippen molar-refractivity contribution in [2.24, 2.45) is 0 Å². The predicted octanol–water partition coefficient (Wildman–Crippen LogP) is 0.542. The monoisotopic (exact) mass is 243 g/mol. The van der Waals surface area contributed by atoms with Gasteiger partial charge in [-0.25, -0.2) is 4.79 Å². The maximum atomic E-state index is 11.8. The molecular formula is C12H25N3O2. The molecule has 1 aliphatic heterocycles. The zero-order valence-corrected chi connectivity index (χ0v) is 10.7. The number of nitrogens with zero attached hydrogens (tertiary/aromatic N) is 1. The van der Waals surface area contributed by atoms with Crippen LogP contribution in [0.4, 0.5) is 4.79 Å². The molecule has 0 spiro atoms. The lowest BCUT2D eigenvalue weighted by atomic mass is 10.2. The first-order valence-electron chi connectivity index (χ1n) is 6.61. The lowest BCUT2D eigenvalue weighted by molar-refractivity contribution is 0.190. The highest BCUT2D eigenvalue weighted by Gasteiger charge is 2.14. The van der Waals surface area contributed by atoms with Crippen LogP contribution in [0, 0.1) is 0 Å². The molecule has 1 heterocycles. The Morgan fingerprint density at radius 1 is 1.24 bits per heavy atom. The Kier molecular flexibility index (Phi) is 6.96. The molecule has 0 bridgehead atoms. The fourth-order valence-electron chi connectivity index (χ4n) is 1.95. The van der Waals surface area contributed by atoms with E-state index in [2.05, 4.69) is 10.6 Å². The first-order valence-corrected chi connectivity index (χ1v) is 6.61. The molecule has 17 heavy (non-hydrogen) atoms. The Morgan fingerprint density at radius 3 is 2.47 bits per heavy atom. The highest BCUT2D eigenvalue weighted by molar-refractivity contribution is 5.74. The van der Waals surface area contributed by atoms with Crippen molar-refractivity contribution in [3.63, 3.8) is 0 Å². The molecule has 0 aromatic rings. The van der Waals surface area contributed by atoms with E-state index in [-0.39, 0.29) is 12.1 Å². The number of nitrogens with one attached hydrogen (secondary N) is 2. The molecule has 1 rings (SSSR count). The van der Waals surface area contributed by atoms with Crippen LogP contribution in [0.3, 0.4) is 0 Å². The van der Waals surface area contributed by atoms with E-state index < -0.39 is 0 Å². The van der Waals surface area contributed by atoms with E-state index in [1.807, 2.05) is 4.90 Å². The number of hydrogen-bond acceptors (Lipinski definition) is 3. The van der Waals surface area contributed by atoms with E-state index in [1.165, 1.54) is 12.8 Å². The topological polar surface area (TPSA) is 64.6 Å². The van der Waals surface area contributed by atoms with E-state index in [4.69, 9.17) is 5.11 Å². The van der Waals surface area contributed by atoms with Crippen molar-refractivity contribution in [3.8, 4) is 0 Å². The van der Waals surface area contributed by atoms with Crippen molar-refractivity contribution < 1.29 is 9.90 Å². The summed E-state index contributed by atoms with van der Waals surface area (Å²) in [6, 6.07) is 0.0470. The van der Waals surface area contributed by atoms with E-state index >= 15 is 0 Å². The minimum absolute atomic E-state index is 0.0470. The summed E-state index contributed by atoms with van der Waals surface area (Å²) in [4.78, 5) is 13.7. The van der Waals surface area contributed by atoms with Gasteiger partial charge < -0.3 is 20.6 Å². The molecule has 5 heteroatoms. The Bertz CT molecular complexity index is 214. The van der Waals surface area contributed by atoms with Crippen molar-refractivity contribution in [1.29, 1.82) is 0 Å². The SMILES string of the molecule is CC(O)CNCCNC(=O)N1CCCCCC1. The molecule has 1 aliphatic rings. The Hall–Kier alpha value is -0.810. The van der Waals surface area contributed by atoms with E-state index in [0.29, 0.717) is 19.6 Å². The lowest BCUT2D eigenvalue weighted by Crippen LogP contribution is -2.43. The molecule has 0 aromatic heterocycles. The van der Waals surface area contributed by atoms with Crippen LogP contribution in [0.2, 0.25) is 0 Å². The molecule has 2 amide bonds. The molecule has 1 fully saturated rings. The number of carbonyl (C=O) groups excluding carboxylic acids is 1. The summed E-state index contributed by atoms with van der Waals surface area (Å²) in [6.45, 7) is 5.38. The molecule has 0 aliphatic carbocycles. The number of urea groups is 1. The van der Waals surface area contributed by atoms with Gasteiger partial charge in [-0.2, -0.15) is 0 Å². The van der Waals surface area contributed by atoms with Gasteiger partial charge in [0.1, 0.15) is 0 Å². The minimum Gasteiger partial charge on any atom is -0.392 e. The van der Waals surface area contributed by atoms with Crippen LogP contribution in [0.5, 0.6) is 0 Å². The number of amides is 2. The summed E-state index contributed by atoms with van der Waals surface area (Å²) in [5, 5.41) is 15.0. The van der Waals surface area contributed by atoms with Crippen molar-refractivity contribution >= 4 is 6.03 Å². The van der Waals surface area contributed by atoms with Crippen LogP contribution in [0.1, 0.15) is 32.6 Å². The summed E-state index contributed by atoms with van der Waals surface area (Å²) in [5.74, 6) is 0. The molecule has 3 N–H and O–H groups in total. The van der Waals surface area contributed by atoms with Gasteiger partial charge in [-0.1, -0.05) is 12.8 Å². The molecule has 100 valence electrons. The van der Waals surface area contributed by atoms with E-state index in [0.717, 1.165) is 25.9 Å². The first-order chi connectivity index (χ1) is 8.20. The van der Waals surface area contributed by atoms with Crippen molar-refractivity contribution in [3.05, 3.63) is 0 Å². The second-order valence-electron chi connectivity index (χ2n) is 4.69. The van der Waals surface area contributed by atoms with Gasteiger partial charge in [0.05, 0.1) is 6.10 Å². The van der Waals surface area contributed by atoms with Crippen LogP contribution in [-0.2, 0) is 0 Å². The predicted molar refractivity (Wildman–Crippen MR) is 68.0 cm³/mol. The highest BCUT2D eigenvalue weighted by atomic mass is 16.3. The van der Waals surface area contributed by atoms with Crippen LogP contribution in [0.25, 0.3) is 0 Å². The average Bonchev–Trinajstić information content (AvgIpc) is 2.56. The van der Waals surface area contributed by atoms with Crippen LogP contribution in [0.15, 0.2) is 0 Å². The summed E-state index contributed by atoms with van der Waals surface area (Å²) in [6.07, 6.45) is 4.37. The second kappa shape index (κ2) is 8.31. The fraction of sp³-hybridized carbons (Fsp3) is 0.917. The van der Waals surface area contributed by atoms with Crippen molar-refractivity contribution in [2.45, 2.75) is 38.7 Å². The zero-order valence-electron chi connectivity index (χ0n) is 10.7. The Balaban J connectivity index is 2.07. The fourth-order valence-corrected chi connectivity index (χ4v) is 1.95. The van der Waals surface area contributed by atoms with Gasteiger partial charge in [-0.15, -0.1) is 0 Å².